The summed E-state index contributed by atoms with van der Waals surface area (Å²) in [4.78, 5) is 1.22. The number of nitrogens with one attached hydrogen (secondary N) is 1. The van der Waals surface area contributed by atoms with E-state index in [9.17, 15) is 0 Å². The van der Waals surface area contributed by atoms with Gasteiger partial charge in [-0.05, 0) is 37.3 Å². The van der Waals surface area contributed by atoms with Gasteiger partial charge in [-0.3, -0.25) is 0 Å². The second kappa shape index (κ2) is 6.96. The normalized spacial score (nSPS) is 14.1. The SMILES string of the molecule is CCOc1cccc(CNC2CC2)c1OCc1cccs1. The molecule has 0 amide bonds. The van der Waals surface area contributed by atoms with Gasteiger partial charge in [0.2, 0.25) is 0 Å². The van der Waals surface area contributed by atoms with Gasteiger partial charge >= 0.3 is 0 Å². The zero-order chi connectivity index (χ0) is 14.5. The van der Waals surface area contributed by atoms with Crippen LogP contribution in [0, 0.1) is 0 Å². The van der Waals surface area contributed by atoms with Crippen LogP contribution < -0.4 is 14.8 Å². The quantitative estimate of drug-likeness (QED) is 0.800. The summed E-state index contributed by atoms with van der Waals surface area (Å²) in [5.41, 5.74) is 1.17. The van der Waals surface area contributed by atoms with E-state index in [0.717, 1.165) is 18.0 Å². The average Bonchev–Trinajstić information content (AvgIpc) is 3.18. The Balaban J connectivity index is 1.74. The monoisotopic (exact) mass is 303 g/mol. The Bertz CT molecular complexity index is 564. The van der Waals surface area contributed by atoms with E-state index in [4.69, 9.17) is 9.47 Å². The van der Waals surface area contributed by atoms with Crippen molar-refractivity contribution in [2.24, 2.45) is 0 Å². The Kier molecular flexibility index (Phi) is 4.78. The summed E-state index contributed by atoms with van der Waals surface area (Å²) < 4.78 is 11.8. The third-order valence-corrected chi connectivity index (χ3v) is 4.31. The van der Waals surface area contributed by atoms with Gasteiger partial charge in [0.05, 0.1) is 6.61 Å². The van der Waals surface area contributed by atoms with Crippen LogP contribution in [0.25, 0.3) is 0 Å². The zero-order valence-corrected chi connectivity index (χ0v) is 13.1. The molecule has 1 aliphatic carbocycles. The van der Waals surface area contributed by atoms with E-state index in [-0.39, 0.29) is 0 Å². The maximum absolute atomic E-state index is 6.06. The minimum absolute atomic E-state index is 0.595. The van der Waals surface area contributed by atoms with Crippen molar-refractivity contribution in [3.05, 3.63) is 46.2 Å². The molecule has 0 aliphatic heterocycles. The fourth-order valence-corrected chi connectivity index (χ4v) is 2.83. The van der Waals surface area contributed by atoms with Gasteiger partial charge in [0, 0.05) is 23.0 Å². The molecular formula is C17H21NO2S. The smallest absolute Gasteiger partial charge is 0.166 e. The molecule has 1 fully saturated rings. The summed E-state index contributed by atoms with van der Waals surface area (Å²) in [5.74, 6) is 1.71. The minimum atomic E-state index is 0.595. The van der Waals surface area contributed by atoms with E-state index in [1.165, 1.54) is 23.3 Å². The molecule has 1 aromatic carbocycles. The molecule has 0 saturated heterocycles. The van der Waals surface area contributed by atoms with Gasteiger partial charge in [0.1, 0.15) is 6.61 Å². The Morgan fingerprint density at radius 3 is 2.81 bits per heavy atom. The number of hydrogen-bond acceptors (Lipinski definition) is 4. The molecule has 4 heteroatoms. The third-order valence-electron chi connectivity index (χ3n) is 3.46. The summed E-state index contributed by atoms with van der Waals surface area (Å²) in [5, 5.41) is 5.61. The van der Waals surface area contributed by atoms with Gasteiger partial charge in [0.25, 0.3) is 0 Å². The highest BCUT2D eigenvalue weighted by Crippen LogP contribution is 2.33. The highest BCUT2D eigenvalue weighted by molar-refractivity contribution is 7.09. The number of para-hydroxylation sites is 1. The van der Waals surface area contributed by atoms with Crippen molar-refractivity contribution in [3.8, 4) is 11.5 Å². The Hall–Kier alpha value is -1.52. The van der Waals surface area contributed by atoms with E-state index >= 15 is 0 Å². The van der Waals surface area contributed by atoms with Crippen LogP contribution in [0.2, 0.25) is 0 Å². The molecule has 0 unspecified atom stereocenters. The number of benzene rings is 1. The van der Waals surface area contributed by atoms with Gasteiger partial charge < -0.3 is 14.8 Å². The van der Waals surface area contributed by atoms with Crippen LogP contribution >= 0.6 is 11.3 Å². The molecule has 0 spiro atoms. The Labute approximate surface area is 129 Å². The molecule has 2 aromatic rings. The number of rotatable bonds is 8. The molecule has 0 bridgehead atoms. The zero-order valence-electron chi connectivity index (χ0n) is 12.3. The molecule has 1 aromatic heterocycles. The first-order chi connectivity index (χ1) is 10.4. The van der Waals surface area contributed by atoms with E-state index in [1.807, 2.05) is 25.1 Å². The maximum Gasteiger partial charge on any atom is 0.166 e. The van der Waals surface area contributed by atoms with Crippen molar-refractivity contribution >= 4 is 11.3 Å². The Morgan fingerprint density at radius 2 is 2.10 bits per heavy atom. The van der Waals surface area contributed by atoms with Gasteiger partial charge in [-0.2, -0.15) is 0 Å². The second-order valence-electron chi connectivity index (χ2n) is 5.20. The number of thiophene rings is 1. The largest absolute Gasteiger partial charge is 0.490 e. The first kappa shape index (κ1) is 14.4. The molecule has 112 valence electrons. The molecule has 3 nitrogen and oxygen atoms in total. The molecule has 3 rings (SSSR count). The topological polar surface area (TPSA) is 30.5 Å². The van der Waals surface area contributed by atoms with Crippen molar-refractivity contribution in [3.63, 3.8) is 0 Å². The van der Waals surface area contributed by atoms with Crippen molar-refractivity contribution in [2.45, 2.75) is 39.0 Å². The van der Waals surface area contributed by atoms with Crippen molar-refractivity contribution < 1.29 is 9.47 Å². The van der Waals surface area contributed by atoms with Crippen LogP contribution in [-0.2, 0) is 13.2 Å². The predicted octanol–water partition coefficient (Wildman–Crippen LogP) is 3.98. The van der Waals surface area contributed by atoms with E-state index in [2.05, 4.69) is 22.8 Å². The minimum Gasteiger partial charge on any atom is -0.490 e. The fourth-order valence-electron chi connectivity index (χ4n) is 2.21. The van der Waals surface area contributed by atoms with Crippen molar-refractivity contribution in [2.75, 3.05) is 6.61 Å². The van der Waals surface area contributed by atoms with E-state index < -0.39 is 0 Å². The van der Waals surface area contributed by atoms with Crippen LogP contribution in [0.3, 0.4) is 0 Å². The summed E-state index contributed by atoms with van der Waals surface area (Å²) in [6.07, 6.45) is 2.58. The van der Waals surface area contributed by atoms with Crippen molar-refractivity contribution in [1.82, 2.24) is 5.32 Å². The van der Waals surface area contributed by atoms with Crippen LogP contribution in [0.4, 0.5) is 0 Å². The van der Waals surface area contributed by atoms with Gasteiger partial charge in [-0.15, -0.1) is 11.3 Å². The fraction of sp³-hybridized carbons (Fsp3) is 0.412. The van der Waals surface area contributed by atoms with Crippen LogP contribution in [0.1, 0.15) is 30.2 Å². The molecule has 1 N–H and O–H groups in total. The standard InChI is InChI=1S/C17H21NO2S/c1-2-19-16-7-3-5-13(11-18-14-8-9-14)17(16)20-12-15-6-4-10-21-15/h3-7,10,14,18H,2,8-9,11-12H2,1H3. The maximum atomic E-state index is 6.06. The summed E-state index contributed by atoms with van der Waals surface area (Å²) in [6, 6.07) is 11.0. The summed E-state index contributed by atoms with van der Waals surface area (Å²) in [7, 11) is 0. The lowest BCUT2D eigenvalue weighted by Crippen LogP contribution is -2.16. The van der Waals surface area contributed by atoms with Gasteiger partial charge in [-0.25, -0.2) is 0 Å². The first-order valence-corrected chi connectivity index (χ1v) is 8.38. The summed E-state index contributed by atoms with van der Waals surface area (Å²) in [6.45, 7) is 4.08. The van der Waals surface area contributed by atoms with E-state index in [0.29, 0.717) is 19.3 Å². The molecule has 1 saturated carbocycles. The van der Waals surface area contributed by atoms with Gasteiger partial charge in [-0.1, -0.05) is 18.2 Å². The molecule has 21 heavy (non-hydrogen) atoms. The number of hydrogen-bond donors (Lipinski definition) is 1. The van der Waals surface area contributed by atoms with E-state index in [1.54, 1.807) is 11.3 Å². The lowest BCUT2D eigenvalue weighted by Gasteiger charge is -2.16. The highest BCUT2D eigenvalue weighted by atomic mass is 32.1. The molecule has 1 heterocycles. The lowest BCUT2D eigenvalue weighted by molar-refractivity contribution is 0.268. The van der Waals surface area contributed by atoms with Crippen LogP contribution in [-0.4, -0.2) is 12.6 Å². The molecule has 0 atom stereocenters. The molecule has 1 aliphatic rings. The summed E-state index contributed by atoms with van der Waals surface area (Å²) >= 11 is 1.71. The van der Waals surface area contributed by atoms with Crippen LogP contribution in [0.15, 0.2) is 35.7 Å². The van der Waals surface area contributed by atoms with Gasteiger partial charge in [0.15, 0.2) is 11.5 Å². The van der Waals surface area contributed by atoms with Crippen molar-refractivity contribution in [1.29, 1.82) is 0 Å². The third kappa shape index (κ3) is 3.99. The van der Waals surface area contributed by atoms with Crippen LogP contribution in [0.5, 0.6) is 11.5 Å². The lowest BCUT2D eigenvalue weighted by atomic mass is 10.2. The molecule has 0 radical (unpaired) electrons. The molecular weight excluding hydrogens is 282 g/mol. The average molecular weight is 303 g/mol. The second-order valence-corrected chi connectivity index (χ2v) is 6.23. The predicted molar refractivity (Wildman–Crippen MR) is 86.1 cm³/mol. The number of ether oxygens (including phenoxy) is 2. The Morgan fingerprint density at radius 1 is 1.19 bits per heavy atom. The highest BCUT2D eigenvalue weighted by Gasteiger charge is 2.21. The first-order valence-electron chi connectivity index (χ1n) is 7.50.